The Balaban J connectivity index is 2.24. The first-order chi connectivity index (χ1) is 11.1. The van der Waals surface area contributed by atoms with Gasteiger partial charge in [-0.15, -0.1) is 0 Å². The second-order valence-electron chi connectivity index (χ2n) is 4.96. The molecule has 0 aliphatic carbocycles. The van der Waals surface area contributed by atoms with Crippen molar-refractivity contribution in [3.05, 3.63) is 58.6 Å². The largest absolute Gasteiger partial charge is 0.494 e. The maximum Gasteiger partial charge on any atom is 0.336 e. The molecule has 0 unspecified atom stereocenters. The van der Waals surface area contributed by atoms with E-state index in [1.165, 1.54) is 0 Å². The van der Waals surface area contributed by atoms with E-state index in [1.807, 2.05) is 37.3 Å². The molecule has 0 fully saturated rings. The van der Waals surface area contributed by atoms with Crippen molar-refractivity contribution in [1.82, 2.24) is 4.98 Å². The molecule has 1 heterocycles. The first-order valence-electron chi connectivity index (χ1n) is 7.16. The van der Waals surface area contributed by atoms with Gasteiger partial charge in [-0.05, 0) is 47.1 Å². The topological polar surface area (TPSA) is 59.4 Å². The van der Waals surface area contributed by atoms with Crippen molar-refractivity contribution in [3.8, 4) is 17.0 Å². The summed E-state index contributed by atoms with van der Waals surface area (Å²) in [6.07, 6.45) is 0. The summed E-state index contributed by atoms with van der Waals surface area (Å²) in [5.74, 6) is -0.242. The number of ether oxygens (including phenoxy) is 1. The summed E-state index contributed by atoms with van der Waals surface area (Å²) in [5.41, 5.74) is 2.27. The molecule has 0 amide bonds. The van der Waals surface area contributed by atoms with Crippen molar-refractivity contribution < 1.29 is 14.6 Å². The van der Waals surface area contributed by atoms with Crippen LogP contribution in [0.2, 0.25) is 0 Å². The third kappa shape index (κ3) is 3.05. The van der Waals surface area contributed by atoms with Crippen LogP contribution >= 0.6 is 15.9 Å². The lowest BCUT2D eigenvalue weighted by molar-refractivity contribution is 0.0699. The average molecular weight is 372 g/mol. The van der Waals surface area contributed by atoms with Crippen LogP contribution in [0.5, 0.6) is 5.75 Å². The number of para-hydroxylation sites is 1. The number of aromatic carboxylic acids is 1. The second-order valence-corrected chi connectivity index (χ2v) is 5.81. The van der Waals surface area contributed by atoms with Gasteiger partial charge in [0.1, 0.15) is 5.75 Å². The van der Waals surface area contributed by atoms with Crippen LogP contribution in [0.25, 0.3) is 22.2 Å². The van der Waals surface area contributed by atoms with Crippen LogP contribution in [-0.4, -0.2) is 22.7 Å². The molecule has 23 heavy (non-hydrogen) atoms. The Morgan fingerprint density at radius 3 is 2.74 bits per heavy atom. The zero-order valence-corrected chi connectivity index (χ0v) is 14.0. The zero-order valence-electron chi connectivity index (χ0n) is 12.4. The van der Waals surface area contributed by atoms with E-state index in [1.54, 1.807) is 18.2 Å². The van der Waals surface area contributed by atoms with E-state index < -0.39 is 5.97 Å². The molecule has 3 rings (SSSR count). The molecular weight excluding hydrogens is 358 g/mol. The van der Waals surface area contributed by atoms with E-state index in [4.69, 9.17) is 4.74 Å². The average Bonchev–Trinajstić information content (AvgIpc) is 2.55. The fourth-order valence-electron chi connectivity index (χ4n) is 2.45. The van der Waals surface area contributed by atoms with E-state index in [0.717, 1.165) is 15.8 Å². The summed E-state index contributed by atoms with van der Waals surface area (Å²) >= 11 is 3.45. The monoisotopic (exact) mass is 371 g/mol. The Labute approximate surface area is 141 Å². The van der Waals surface area contributed by atoms with Crippen molar-refractivity contribution in [2.24, 2.45) is 0 Å². The fraction of sp³-hybridized carbons (Fsp3) is 0.111. The second kappa shape index (κ2) is 6.38. The Morgan fingerprint density at radius 2 is 2.00 bits per heavy atom. The van der Waals surface area contributed by atoms with Gasteiger partial charge in [-0.2, -0.15) is 0 Å². The zero-order chi connectivity index (χ0) is 16.4. The number of hydrogen-bond donors (Lipinski definition) is 1. The van der Waals surface area contributed by atoms with Crippen molar-refractivity contribution in [2.45, 2.75) is 6.92 Å². The van der Waals surface area contributed by atoms with Crippen LogP contribution in [0, 0.1) is 0 Å². The number of nitrogens with zero attached hydrogens (tertiary/aromatic N) is 1. The standard InChI is InChI=1S/C18H14BrNO3/c1-2-23-12-6-3-5-11(9-12)16-10-14(18(21)22)13-7-4-8-15(19)17(13)20-16/h3-10H,2H2,1H3,(H,21,22). The van der Waals surface area contributed by atoms with Gasteiger partial charge in [-0.25, -0.2) is 9.78 Å². The van der Waals surface area contributed by atoms with Gasteiger partial charge in [0.2, 0.25) is 0 Å². The maximum absolute atomic E-state index is 11.6. The van der Waals surface area contributed by atoms with E-state index >= 15 is 0 Å². The molecule has 1 aromatic heterocycles. The van der Waals surface area contributed by atoms with E-state index in [0.29, 0.717) is 23.2 Å². The van der Waals surface area contributed by atoms with E-state index in [-0.39, 0.29) is 5.56 Å². The van der Waals surface area contributed by atoms with Crippen LogP contribution in [0.3, 0.4) is 0 Å². The molecule has 0 atom stereocenters. The van der Waals surface area contributed by atoms with Gasteiger partial charge in [0.25, 0.3) is 0 Å². The highest BCUT2D eigenvalue weighted by Crippen LogP contribution is 2.30. The number of rotatable bonds is 4. The van der Waals surface area contributed by atoms with Crippen LogP contribution in [0.1, 0.15) is 17.3 Å². The van der Waals surface area contributed by atoms with Crippen LogP contribution in [-0.2, 0) is 0 Å². The van der Waals surface area contributed by atoms with Crippen molar-refractivity contribution in [1.29, 1.82) is 0 Å². The number of carboxylic acid groups (broad SMARTS) is 1. The van der Waals surface area contributed by atoms with Crippen LogP contribution in [0.15, 0.2) is 53.0 Å². The molecule has 0 bridgehead atoms. The quantitative estimate of drug-likeness (QED) is 0.717. The lowest BCUT2D eigenvalue weighted by Gasteiger charge is -2.10. The van der Waals surface area contributed by atoms with E-state index in [2.05, 4.69) is 20.9 Å². The summed E-state index contributed by atoms with van der Waals surface area (Å²) in [7, 11) is 0. The molecule has 0 saturated carbocycles. The number of pyridine rings is 1. The molecule has 0 spiro atoms. The molecule has 2 aromatic carbocycles. The minimum Gasteiger partial charge on any atom is -0.494 e. The molecule has 4 nitrogen and oxygen atoms in total. The van der Waals surface area contributed by atoms with Crippen molar-refractivity contribution >= 4 is 32.8 Å². The van der Waals surface area contributed by atoms with E-state index in [9.17, 15) is 9.90 Å². The number of benzene rings is 2. The number of hydrogen-bond acceptors (Lipinski definition) is 3. The summed E-state index contributed by atoms with van der Waals surface area (Å²) in [6, 6.07) is 14.5. The lowest BCUT2D eigenvalue weighted by atomic mass is 10.0. The molecule has 0 aliphatic heterocycles. The molecule has 0 radical (unpaired) electrons. The number of aromatic nitrogens is 1. The smallest absolute Gasteiger partial charge is 0.336 e. The molecule has 116 valence electrons. The van der Waals surface area contributed by atoms with Crippen molar-refractivity contribution in [2.75, 3.05) is 6.61 Å². The lowest BCUT2D eigenvalue weighted by Crippen LogP contribution is -2.01. The normalized spacial score (nSPS) is 10.7. The Kier molecular flexibility index (Phi) is 4.30. The molecule has 1 N–H and O–H groups in total. The van der Waals surface area contributed by atoms with Gasteiger partial charge in [0, 0.05) is 15.4 Å². The predicted octanol–water partition coefficient (Wildman–Crippen LogP) is 4.76. The molecule has 3 aromatic rings. The van der Waals surface area contributed by atoms with Gasteiger partial charge < -0.3 is 9.84 Å². The molecule has 5 heteroatoms. The minimum absolute atomic E-state index is 0.230. The predicted molar refractivity (Wildman–Crippen MR) is 93.0 cm³/mol. The summed E-state index contributed by atoms with van der Waals surface area (Å²) in [4.78, 5) is 16.2. The highest BCUT2D eigenvalue weighted by molar-refractivity contribution is 9.10. The SMILES string of the molecule is CCOc1cccc(-c2cc(C(=O)O)c3cccc(Br)c3n2)c1. The number of halogens is 1. The first kappa shape index (κ1) is 15.5. The third-order valence-electron chi connectivity index (χ3n) is 3.46. The summed E-state index contributed by atoms with van der Waals surface area (Å²) in [5, 5.41) is 10.1. The highest BCUT2D eigenvalue weighted by Gasteiger charge is 2.14. The van der Waals surface area contributed by atoms with Gasteiger partial charge >= 0.3 is 5.97 Å². The Bertz CT molecular complexity index is 893. The number of carboxylic acids is 1. The number of carbonyl (C=O) groups is 1. The van der Waals surface area contributed by atoms with Gasteiger partial charge in [-0.3, -0.25) is 0 Å². The first-order valence-corrected chi connectivity index (χ1v) is 7.95. The maximum atomic E-state index is 11.6. The van der Waals surface area contributed by atoms with Crippen LogP contribution in [0.4, 0.5) is 0 Å². The van der Waals surface area contributed by atoms with Crippen LogP contribution < -0.4 is 4.74 Å². The number of fused-ring (bicyclic) bond motifs is 1. The molecule has 0 aliphatic rings. The highest BCUT2D eigenvalue weighted by atomic mass is 79.9. The van der Waals surface area contributed by atoms with Gasteiger partial charge in [-0.1, -0.05) is 24.3 Å². The molecular formula is C18H14BrNO3. The Hall–Kier alpha value is -2.40. The van der Waals surface area contributed by atoms with Crippen molar-refractivity contribution in [3.63, 3.8) is 0 Å². The van der Waals surface area contributed by atoms with Gasteiger partial charge in [0.15, 0.2) is 0 Å². The Morgan fingerprint density at radius 1 is 1.22 bits per heavy atom. The molecule has 0 saturated heterocycles. The summed E-state index contributed by atoms with van der Waals surface area (Å²) < 4.78 is 6.27. The third-order valence-corrected chi connectivity index (χ3v) is 4.10. The summed E-state index contributed by atoms with van der Waals surface area (Å²) in [6.45, 7) is 2.49. The fourth-order valence-corrected chi connectivity index (χ4v) is 2.91. The van der Waals surface area contributed by atoms with Gasteiger partial charge in [0.05, 0.1) is 23.4 Å². The minimum atomic E-state index is -0.974.